The quantitative estimate of drug-likeness (QED) is 0.821. The lowest BCUT2D eigenvalue weighted by Crippen LogP contribution is -2.42. The third-order valence-corrected chi connectivity index (χ3v) is 4.08. The zero-order chi connectivity index (χ0) is 13.3. The van der Waals surface area contributed by atoms with Crippen molar-refractivity contribution >= 4 is 0 Å². The van der Waals surface area contributed by atoms with E-state index < -0.39 is 0 Å². The third kappa shape index (κ3) is 4.59. The number of nitrogens with zero attached hydrogens (tertiary/aromatic N) is 1. The summed E-state index contributed by atoms with van der Waals surface area (Å²) in [7, 11) is 0. The number of rotatable bonds is 3. The molecule has 0 bridgehead atoms. The highest BCUT2D eigenvalue weighted by Gasteiger charge is 2.35. The molecular weight excluding hydrogens is 208 g/mol. The first-order chi connectivity index (χ1) is 7.63. The summed E-state index contributed by atoms with van der Waals surface area (Å²) in [6, 6.07) is 0.572. The average Bonchev–Trinajstić information content (AvgIpc) is 2.60. The molecule has 0 aromatic rings. The Morgan fingerprint density at radius 1 is 1.18 bits per heavy atom. The highest BCUT2D eigenvalue weighted by atomic mass is 15.2. The van der Waals surface area contributed by atoms with Crippen molar-refractivity contribution in [3.05, 3.63) is 0 Å². The lowest BCUT2D eigenvalue weighted by Gasteiger charge is -2.33. The van der Waals surface area contributed by atoms with Gasteiger partial charge in [-0.1, -0.05) is 41.5 Å². The van der Waals surface area contributed by atoms with E-state index in [0.29, 0.717) is 16.9 Å². The molecule has 2 nitrogen and oxygen atoms in total. The van der Waals surface area contributed by atoms with E-state index in [1.54, 1.807) is 0 Å². The van der Waals surface area contributed by atoms with Crippen LogP contribution in [0.1, 0.15) is 54.4 Å². The lowest BCUT2D eigenvalue weighted by atomic mass is 9.80. The first-order valence-electron chi connectivity index (χ1n) is 7.07. The van der Waals surface area contributed by atoms with Crippen LogP contribution < -0.4 is 5.73 Å². The lowest BCUT2D eigenvalue weighted by molar-refractivity contribution is 0.160. The van der Waals surface area contributed by atoms with Crippen LogP contribution in [-0.2, 0) is 0 Å². The monoisotopic (exact) mass is 240 g/mol. The molecule has 0 spiro atoms. The van der Waals surface area contributed by atoms with E-state index in [1.165, 1.54) is 25.9 Å². The second-order valence-electron chi connectivity index (χ2n) is 8.00. The highest BCUT2D eigenvalue weighted by Crippen LogP contribution is 2.35. The minimum atomic E-state index is 0.379. The van der Waals surface area contributed by atoms with Crippen LogP contribution in [0.15, 0.2) is 0 Å². The van der Waals surface area contributed by atoms with E-state index in [-0.39, 0.29) is 0 Å². The summed E-state index contributed by atoms with van der Waals surface area (Å²) in [6.45, 7) is 17.3. The Labute approximate surface area is 108 Å². The first-order valence-corrected chi connectivity index (χ1v) is 7.07. The summed E-state index contributed by atoms with van der Waals surface area (Å²) in [5, 5.41) is 0. The smallest absolute Gasteiger partial charge is 0.0223 e. The molecule has 1 aliphatic rings. The van der Waals surface area contributed by atoms with Crippen molar-refractivity contribution < 1.29 is 0 Å². The summed E-state index contributed by atoms with van der Waals surface area (Å²) in [5.41, 5.74) is 6.79. The molecule has 2 N–H and O–H groups in total. The Morgan fingerprint density at radius 2 is 1.76 bits per heavy atom. The topological polar surface area (TPSA) is 29.3 Å². The maximum absolute atomic E-state index is 5.97. The van der Waals surface area contributed by atoms with Crippen molar-refractivity contribution in [3.8, 4) is 0 Å². The van der Waals surface area contributed by atoms with Crippen molar-refractivity contribution in [1.82, 2.24) is 4.90 Å². The maximum Gasteiger partial charge on any atom is 0.0223 e. The largest absolute Gasteiger partial charge is 0.329 e. The highest BCUT2D eigenvalue weighted by molar-refractivity contribution is 4.88. The van der Waals surface area contributed by atoms with Crippen LogP contribution in [0.3, 0.4) is 0 Å². The molecule has 0 aromatic carbocycles. The van der Waals surface area contributed by atoms with Gasteiger partial charge in [-0.05, 0) is 36.1 Å². The summed E-state index contributed by atoms with van der Waals surface area (Å²) >= 11 is 0. The molecule has 17 heavy (non-hydrogen) atoms. The molecule has 2 unspecified atom stereocenters. The Morgan fingerprint density at radius 3 is 2.12 bits per heavy atom. The molecule has 1 saturated heterocycles. The van der Waals surface area contributed by atoms with Gasteiger partial charge >= 0.3 is 0 Å². The van der Waals surface area contributed by atoms with E-state index in [9.17, 15) is 0 Å². The average molecular weight is 240 g/mol. The van der Waals surface area contributed by atoms with Gasteiger partial charge in [0.25, 0.3) is 0 Å². The first kappa shape index (κ1) is 15.0. The van der Waals surface area contributed by atoms with Crippen LogP contribution in [0.4, 0.5) is 0 Å². The van der Waals surface area contributed by atoms with Gasteiger partial charge in [0, 0.05) is 19.1 Å². The molecule has 1 rings (SSSR count). The molecule has 1 heterocycles. The minimum absolute atomic E-state index is 0.379. The van der Waals surface area contributed by atoms with Gasteiger partial charge in [-0.2, -0.15) is 0 Å². The van der Waals surface area contributed by atoms with E-state index in [1.807, 2.05) is 0 Å². The van der Waals surface area contributed by atoms with Crippen molar-refractivity contribution in [2.24, 2.45) is 22.5 Å². The van der Waals surface area contributed by atoms with Crippen LogP contribution in [0.2, 0.25) is 0 Å². The Bertz CT molecular complexity index is 234. The van der Waals surface area contributed by atoms with Crippen LogP contribution in [-0.4, -0.2) is 30.6 Å². The van der Waals surface area contributed by atoms with Crippen molar-refractivity contribution in [1.29, 1.82) is 0 Å². The van der Waals surface area contributed by atoms with Gasteiger partial charge < -0.3 is 5.73 Å². The molecular formula is C15H32N2. The molecule has 0 aliphatic carbocycles. The standard InChI is InChI=1S/C15H32N2/c1-14(2,3)9-13(10-16)17-8-7-12(11-17)15(4,5)6/h12-13H,7-11,16H2,1-6H3. The Balaban J connectivity index is 2.56. The molecule has 0 radical (unpaired) electrons. The zero-order valence-electron chi connectivity index (χ0n) is 12.7. The number of nitrogens with two attached hydrogens (primary N) is 1. The van der Waals surface area contributed by atoms with Crippen LogP contribution in [0.25, 0.3) is 0 Å². The predicted octanol–water partition coefficient (Wildman–Crippen LogP) is 3.12. The van der Waals surface area contributed by atoms with Gasteiger partial charge in [0.2, 0.25) is 0 Å². The van der Waals surface area contributed by atoms with Gasteiger partial charge in [0.05, 0.1) is 0 Å². The molecule has 0 aromatic heterocycles. The van der Waals surface area contributed by atoms with E-state index in [4.69, 9.17) is 5.73 Å². The summed E-state index contributed by atoms with van der Waals surface area (Å²) < 4.78 is 0. The fourth-order valence-corrected chi connectivity index (χ4v) is 2.89. The van der Waals surface area contributed by atoms with Gasteiger partial charge in [-0.15, -0.1) is 0 Å². The van der Waals surface area contributed by atoms with E-state index >= 15 is 0 Å². The zero-order valence-corrected chi connectivity index (χ0v) is 12.7. The fraction of sp³-hybridized carbons (Fsp3) is 1.00. The molecule has 0 saturated carbocycles. The van der Waals surface area contributed by atoms with Crippen LogP contribution in [0, 0.1) is 16.7 Å². The molecule has 102 valence electrons. The second-order valence-corrected chi connectivity index (χ2v) is 8.00. The normalized spacial score (nSPS) is 25.2. The minimum Gasteiger partial charge on any atom is -0.329 e. The maximum atomic E-state index is 5.97. The van der Waals surface area contributed by atoms with Gasteiger partial charge in [0.15, 0.2) is 0 Å². The van der Waals surface area contributed by atoms with Crippen LogP contribution in [0.5, 0.6) is 0 Å². The fourth-order valence-electron chi connectivity index (χ4n) is 2.89. The molecule has 2 heteroatoms. The molecule has 0 amide bonds. The van der Waals surface area contributed by atoms with Crippen molar-refractivity contribution in [2.75, 3.05) is 19.6 Å². The summed E-state index contributed by atoms with van der Waals surface area (Å²) in [6.07, 6.45) is 2.55. The number of hydrogen-bond acceptors (Lipinski definition) is 2. The SMILES string of the molecule is CC(C)(C)CC(CN)N1CCC(C(C)(C)C)C1. The molecule has 1 fully saturated rings. The predicted molar refractivity (Wildman–Crippen MR) is 76.0 cm³/mol. The summed E-state index contributed by atoms with van der Waals surface area (Å²) in [5.74, 6) is 0.830. The van der Waals surface area contributed by atoms with Gasteiger partial charge in [-0.3, -0.25) is 4.90 Å². The van der Waals surface area contributed by atoms with Crippen molar-refractivity contribution in [3.63, 3.8) is 0 Å². The van der Waals surface area contributed by atoms with Crippen LogP contribution >= 0.6 is 0 Å². The number of hydrogen-bond donors (Lipinski definition) is 1. The van der Waals surface area contributed by atoms with E-state index in [2.05, 4.69) is 46.4 Å². The molecule has 1 aliphatic heterocycles. The third-order valence-electron chi connectivity index (χ3n) is 4.08. The molecule has 2 atom stereocenters. The number of likely N-dealkylation sites (tertiary alicyclic amines) is 1. The summed E-state index contributed by atoms with van der Waals surface area (Å²) in [4.78, 5) is 2.63. The Kier molecular flexibility index (Phi) is 4.65. The Hall–Kier alpha value is -0.0800. The van der Waals surface area contributed by atoms with Gasteiger partial charge in [-0.25, -0.2) is 0 Å². The second kappa shape index (κ2) is 5.27. The van der Waals surface area contributed by atoms with E-state index in [0.717, 1.165) is 12.5 Å². The van der Waals surface area contributed by atoms with Gasteiger partial charge in [0.1, 0.15) is 0 Å². The van der Waals surface area contributed by atoms with Crippen molar-refractivity contribution in [2.45, 2.75) is 60.4 Å².